The molecule has 4 heteroatoms. The van der Waals surface area contributed by atoms with Crippen molar-refractivity contribution in [3.05, 3.63) is 17.2 Å². The Kier molecular flexibility index (Phi) is 1.62. The van der Waals surface area contributed by atoms with Crippen LogP contribution in [0.1, 0.15) is 24.6 Å². The van der Waals surface area contributed by atoms with Gasteiger partial charge >= 0.3 is 0 Å². The molecule has 0 radical (unpaired) electrons. The van der Waals surface area contributed by atoms with Gasteiger partial charge in [0.1, 0.15) is 0 Å². The van der Waals surface area contributed by atoms with E-state index in [1.54, 1.807) is 6.33 Å². The van der Waals surface area contributed by atoms with Gasteiger partial charge in [-0.1, -0.05) is 11.6 Å². The molecular weight excluding hydrogens is 162 g/mol. The molecule has 0 fully saturated rings. The Labute approximate surface area is 70.2 Å². The lowest BCUT2D eigenvalue weighted by Gasteiger charge is -2.20. The summed E-state index contributed by atoms with van der Waals surface area (Å²) in [5, 5.41) is 0.567. The van der Waals surface area contributed by atoms with Gasteiger partial charge in [0, 0.05) is 12.6 Å². The number of rotatable bonds is 0. The fourth-order valence-corrected chi connectivity index (χ4v) is 1.82. The second kappa shape index (κ2) is 2.50. The molecule has 0 amide bonds. The summed E-state index contributed by atoms with van der Waals surface area (Å²) >= 11 is 5.84. The van der Waals surface area contributed by atoms with Crippen LogP contribution >= 0.6 is 11.6 Å². The molecule has 2 heterocycles. The number of nitrogens with two attached hydrogens (primary N) is 1. The topological polar surface area (TPSA) is 43.8 Å². The average molecular weight is 172 g/mol. The largest absolute Gasteiger partial charge is 0.332 e. The van der Waals surface area contributed by atoms with Crippen molar-refractivity contribution in [2.45, 2.75) is 25.4 Å². The van der Waals surface area contributed by atoms with Crippen molar-refractivity contribution in [1.82, 2.24) is 9.55 Å². The number of aromatic nitrogens is 2. The Morgan fingerprint density at radius 2 is 2.55 bits per heavy atom. The summed E-state index contributed by atoms with van der Waals surface area (Å²) in [4.78, 5) is 4.00. The minimum absolute atomic E-state index is 0.0822. The minimum atomic E-state index is 0.0822. The summed E-state index contributed by atoms with van der Waals surface area (Å²) in [6, 6.07) is 0.0822. The van der Waals surface area contributed by atoms with Crippen molar-refractivity contribution >= 4 is 11.6 Å². The summed E-state index contributed by atoms with van der Waals surface area (Å²) in [5.74, 6) is 0. The third kappa shape index (κ3) is 1.04. The highest BCUT2D eigenvalue weighted by Gasteiger charge is 2.20. The molecule has 3 nitrogen and oxygen atoms in total. The minimum Gasteiger partial charge on any atom is -0.332 e. The van der Waals surface area contributed by atoms with Crippen LogP contribution in [0.4, 0.5) is 0 Å². The lowest BCUT2D eigenvalue weighted by Crippen LogP contribution is -2.20. The summed E-state index contributed by atoms with van der Waals surface area (Å²) in [7, 11) is 0. The molecule has 0 bridgehead atoms. The van der Waals surface area contributed by atoms with Crippen LogP contribution in [0.15, 0.2) is 6.33 Å². The number of halogens is 1. The predicted molar refractivity (Wildman–Crippen MR) is 43.4 cm³/mol. The molecular formula is C7H10ClN3. The zero-order chi connectivity index (χ0) is 7.84. The molecule has 0 aromatic carbocycles. The first kappa shape index (κ1) is 7.13. The van der Waals surface area contributed by atoms with Crippen LogP contribution in [0.5, 0.6) is 0 Å². The van der Waals surface area contributed by atoms with Crippen LogP contribution < -0.4 is 5.73 Å². The van der Waals surface area contributed by atoms with Crippen molar-refractivity contribution in [3.8, 4) is 0 Å². The molecule has 1 aromatic heterocycles. The summed E-state index contributed by atoms with van der Waals surface area (Å²) in [6.07, 6.45) is 3.91. The van der Waals surface area contributed by atoms with Crippen molar-refractivity contribution in [1.29, 1.82) is 0 Å². The lowest BCUT2D eigenvalue weighted by molar-refractivity contribution is 0.463. The maximum absolute atomic E-state index is 5.85. The number of aryl methyl sites for hydroxylation is 1. The maximum Gasteiger partial charge on any atom is 0.151 e. The van der Waals surface area contributed by atoms with Gasteiger partial charge < -0.3 is 10.3 Å². The number of nitrogens with zero attached hydrogens (tertiary/aromatic N) is 2. The van der Waals surface area contributed by atoms with Gasteiger partial charge in [0.05, 0.1) is 12.0 Å². The normalized spacial score (nSPS) is 23.3. The highest BCUT2D eigenvalue weighted by molar-refractivity contribution is 6.30. The van der Waals surface area contributed by atoms with Gasteiger partial charge in [-0.2, -0.15) is 0 Å². The molecule has 2 N–H and O–H groups in total. The maximum atomic E-state index is 5.85. The number of imidazole rings is 1. The van der Waals surface area contributed by atoms with E-state index in [9.17, 15) is 0 Å². The molecule has 0 aliphatic carbocycles. The van der Waals surface area contributed by atoms with E-state index >= 15 is 0 Å². The molecule has 11 heavy (non-hydrogen) atoms. The fraction of sp³-hybridized carbons (Fsp3) is 0.571. The highest BCUT2D eigenvalue weighted by atomic mass is 35.5. The summed E-state index contributed by atoms with van der Waals surface area (Å²) in [6.45, 7) is 1.00. The third-order valence-corrected chi connectivity index (χ3v) is 2.39. The zero-order valence-corrected chi connectivity index (χ0v) is 6.88. The molecule has 0 saturated heterocycles. The van der Waals surface area contributed by atoms with E-state index < -0.39 is 0 Å². The Hall–Kier alpha value is -0.540. The van der Waals surface area contributed by atoms with Crippen LogP contribution in [0, 0.1) is 0 Å². The Morgan fingerprint density at radius 1 is 1.73 bits per heavy atom. The molecule has 60 valence electrons. The van der Waals surface area contributed by atoms with Gasteiger partial charge in [-0.15, -0.1) is 0 Å². The van der Waals surface area contributed by atoms with E-state index in [0.29, 0.717) is 5.15 Å². The predicted octanol–water partition coefficient (Wildman–Crippen LogP) is 1.33. The van der Waals surface area contributed by atoms with Crippen molar-refractivity contribution in [2.24, 2.45) is 5.73 Å². The second-order valence-electron chi connectivity index (χ2n) is 2.86. The van der Waals surface area contributed by atoms with E-state index in [-0.39, 0.29) is 6.04 Å². The van der Waals surface area contributed by atoms with E-state index in [2.05, 4.69) is 4.98 Å². The van der Waals surface area contributed by atoms with Crippen LogP contribution in [-0.2, 0) is 6.54 Å². The molecule has 2 rings (SSSR count). The Bertz CT molecular complexity index is 269. The van der Waals surface area contributed by atoms with E-state index in [1.807, 2.05) is 4.57 Å². The first-order chi connectivity index (χ1) is 5.29. The SMILES string of the molecule is NC1CCCn2cnc(Cl)c21. The monoisotopic (exact) mass is 171 g/mol. The van der Waals surface area contributed by atoms with E-state index in [4.69, 9.17) is 17.3 Å². The summed E-state index contributed by atoms with van der Waals surface area (Å²) < 4.78 is 2.04. The molecule has 1 unspecified atom stereocenters. The van der Waals surface area contributed by atoms with Crippen molar-refractivity contribution in [3.63, 3.8) is 0 Å². The molecule has 1 atom stereocenters. The molecule has 0 spiro atoms. The number of fused-ring (bicyclic) bond motifs is 1. The standard InChI is InChI=1S/C7H10ClN3/c8-7-6-5(9)2-1-3-11(6)4-10-7/h4-5H,1-3,9H2. The lowest BCUT2D eigenvalue weighted by atomic mass is 10.1. The third-order valence-electron chi connectivity index (χ3n) is 2.10. The van der Waals surface area contributed by atoms with Gasteiger partial charge in [0.15, 0.2) is 5.15 Å². The first-order valence-electron chi connectivity index (χ1n) is 3.75. The van der Waals surface area contributed by atoms with Crippen LogP contribution in [0.2, 0.25) is 5.15 Å². The molecule has 1 aliphatic heterocycles. The fourth-order valence-electron chi connectivity index (χ4n) is 1.53. The van der Waals surface area contributed by atoms with Crippen LogP contribution in [-0.4, -0.2) is 9.55 Å². The van der Waals surface area contributed by atoms with Crippen LogP contribution in [0.25, 0.3) is 0 Å². The second-order valence-corrected chi connectivity index (χ2v) is 3.22. The van der Waals surface area contributed by atoms with Gasteiger partial charge in [0.2, 0.25) is 0 Å². The van der Waals surface area contributed by atoms with Crippen molar-refractivity contribution < 1.29 is 0 Å². The van der Waals surface area contributed by atoms with Crippen molar-refractivity contribution in [2.75, 3.05) is 0 Å². The van der Waals surface area contributed by atoms with Gasteiger partial charge in [0.25, 0.3) is 0 Å². The molecule has 0 saturated carbocycles. The van der Waals surface area contributed by atoms with Gasteiger partial charge in [-0.3, -0.25) is 0 Å². The Balaban J connectivity index is 2.48. The number of hydrogen-bond acceptors (Lipinski definition) is 2. The smallest absolute Gasteiger partial charge is 0.151 e. The zero-order valence-electron chi connectivity index (χ0n) is 6.13. The Morgan fingerprint density at radius 3 is 3.27 bits per heavy atom. The summed E-state index contributed by atoms with van der Waals surface area (Å²) in [5.41, 5.74) is 6.84. The van der Waals surface area contributed by atoms with E-state index in [0.717, 1.165) is 25.1 Å². The van der Waals surface area contributed by atoms with Gasteiger partial charge in [-0.05, 0) is 12.8 Å². The average Bonchev–Trinajstić information content (AvgIpc) is 2.34. The quantitative estimate of drug-likeness (QED) is 0.640. The first-order valence-corrected chi connectivity index (χ1v) is 4.13. The van der Waals surface area contributed by atoms with E-state index in [1.165, 1.54) is 0 Å². The molecule has 1 aromatic rings. The number of hydrogen-bond donors (Lipinski definition) is 1. The van der Waals surface area contributed by atoms with Crippen LogP contribution in [0.3, 0.4) is 0 Å². The highest BCUT2D eigenvalue weighted by Crippen LogP contribution is 2.27. The molecule has 1 aliphatic rings. The van der Waals surface area contributed by atoms with Gasteiger partial charge in [-0.25, -0.2) is 4.98 Å².